The maximum absolute atomic E-state index is 11.8. The molecule has 0 saturated carbocycles. The highest BCUT2D eigenvalue weighted by molar-refractivity contribution is 5.70. The number of aromatic nitrogens is 1. The Labute approximate surface area is 152 Å². The maximum Gasteiger partial charge on any atom is 0.513 e. The lowest BCUT2D eigenvalue weighted by Gasteiger charge is -2.31. The van der Waals surface area contributed by atoms with Crippen molar-refractivity contribution in [3.8, 4) is 5.88 Å². The Morgan fingerprint density at radius 1 is 1.19 bits per heavy atom. The summed E-state index contributed by atoms with van der Waals surface area (Å²) in [6, 6.07) is 11.7. The average Bonchev–Trinajstić information content (AvgIpc) is 2.62. The van der Waals surface area contributed by atoms with Crippen LogP contribution in [0.25, 0.3) is 0 Å². The van der Waals surface area contributed by atoms with Crippen molar-refractivity contribution >= 4 is 11.8 Å². The second-order valence-corrected chi connectivity index (χ2v) is 6.26. The van der Waals surface area contributed by atoms with Crippen molar-refractivity contribution in [2.75, 3.05) is 12.4 Å². The van der Waals surface area contributed by atoms with E-state index in [0.717, 1.165) is 22.5 Å². The number of allylic oxidation sites excluding steroid dienone is 2. The summed E-state index contributed by atoms with van der Waals surface area (Å²) >= 11 is 0. The van der Waals surface area contributed by atoms with Crippen LogP contribution in [0, 0.1) is 0 Å². The predicted octanol–water partition coefficient (Wildman–Crippen LogP) is 4.44. The molecule has 3 rings (SSSR count). The average molecular weight is 354 g/mol. The van der Waals surface area contributed by atoms with Gasteiger partial charge < -0.3 is 19.5 Å². The van der Waals surface area contributed by atoms with E-state index in [1.165, 1.54) is 7.11 Å². The molecule has 2 aromatic rings. The maximum atomic E-state index is 11.8. The molecule has 1 aromatic heterocycles. The van der Waals surface area contributed by atoms with Gasteiger partial charge in [-0.2, -0.15) is 0 Å². The fraction of sp³-hybridized carbons (Fsp3) is 0.300. The molecule has 136 valence electrons. The third-order valence-electron chi connectivity index (χ3n) is 4.04. The molecule has 2 heterocycles. The molecular formula is C20H22N2O4. The Morgan fingerprint density at radius 3 is 2.58 bits per heavy atom. The molecule has 1 N–H and O–H groups in total. The van der Waals surface area contributed by atoms with E-state index in [1.807, 2.05) is 57.2 Å². The van der Waals surface area contributed by atoms with Gasteiger partial charge >= 0.3 is 6.16 Å². The molecule has 26 heavy (non-hydrogen) atoms. The lowest BCUT2D eigenvalue weighted by atomic mass is 9.86. The minimum atomic E-state index is -0.763. The Morgan fingerprint density at radius 2 is 1.92 bits per heavy atom. The Kier molecular flexibility index (Phi) is 5.11. The van der Waals surface area contributed by atoms with Gasteiger partial charge in [-0.15, -0.1) is 0 Å². The number of fused-ring (bicyclic) bond motifs is 1. The number of hydrogen-bond acceptors (Lipinski definition) is 6. The summed E-state index contributed by atoms with van der Waals surface area (Å²) < 4.78 is 16.1. The summed E-state index contributed by atoms with van der Waals surface area (Å²) in [7, 11) is 1.29. The first-order chi connectivity index (χ1) is 12.5. The van der Waals surface area contributed by atoms with E-state index in [-0.39, 0.29) is 12.0 Å². The van der Waals surface area contributed by atoms with Gasteiger partial charge in [-0.05, 0) is 32.4 Å². The van der Waals surface area contributed by atoms with E-state index in [9.17, 15) is 4.79 Å². The molecule has 1 aromatic carbocycles. The number of carbonyl (C=O) groups excluding carboxylic acids is 1. The van der Waals surface area contributed by atoms with E-state index < -0.39 is 6.16 Å². The topological polar surface area (TPSA) is 69.7 Å². The first-order valence-electron chi connectivity index (χ1n) is 8.45. The summed E-state index contributed by atoms with van der Waals surface area (Å²) in [6.45, 7) is 5.75. The Bertz CT molecular complexity index is 831. The summed E-state index contributed by atoms with van der Waals surface area (Å²) in [5.41, 5.74) is 3.41. The first-order valence-corrected chi connectivity index (χ1v) is 8.45. The summed E-state index contributed by atoms with van der Waals surface area (Å²) in [5, 5.41) is 3.28. The molecule has 0 saturated heterocycles. The van der Waals surface area contributed by atoms with Crippen LogP contribution in [-0.4, -0.2) is 24.4 Å². The molecule has 0 amide bonds. The SMILES string of the molecule is COC(=O)OC1=C(C)Nc2ccnc(OC(C)C)c2C1c1ccccc1. The summed E-state index contributed by atoms with van der Waals surface area (Å²) in [6.07, 6.45) is 0.897. The number of pyridine rings is 1. The monoisotopic (exact) mass is 354 g/mol. The van der Waals surface area contributed by atoms with Crippen molar-refractivity contribution in [3.63, 3.8) is 0 Å². The van der Waals surface area contributed by atoms with Crippen LogP contribution in [-0.2, 0) is 9.47 Å². The van der Waals surface area contributed by atoms with Gasteiger partial charge in [0.1, 0.15) is 5.76 Å². The molecule has 1 atom stereocenters. The van der Waals surface area contributed by atoms with E-state index in [0.29, 0.717) is 11.6 Å². The second kappa shape index (κ2) is 7.47. The van der Waals surface area contributed by atoms with Crippen LogP contribution in [0.4, 0.5) is 10.5 Å². The molecule has 0 bridgehead atoms. The zero-order valence-electron chi connectivity index (χ0n) is 15.3. The number of methoxy groups -OCH3 is 1. The number of rotatable bonds is 4. The highest BCUT2D eigenvalue weighted by Gasteiger charge is 2.34. The molecule has 1 aliphatic rings. The second-order valence-electron chi connectivity index (χ2n) is 6.26. The molecule has 0 fully saturated rings. The van der Waals surface area contributed by atoms with Gasteiger partial charge in [0.05, 0.1) is 30.4 Å². The minimum Gasteiger partial charge on any atom is -0.475 e. The zero-order valence-corrected chi connectivity index (χ0v) is 15.3. The molecule has 6 nitrogen and oxygen atoms in total. The van der Waals surface area contributed by atoms with Crippen LogP contribution >= 0.6 is 0 Å². The van der Waals surface area contributed by atoms with Crippen molar-refractivity contribution in [2.24, 2.45) is 0 Å². The van der Waals surface area contributed by atoms with Gasteiger partial charge in [0.25, 0.3) is 0 Å². The molecular weight excluding hydrogens is 332 g/mol. The first kappa shape index (κ1) is 17.8. The number of nitrogens with one attached hydrogen (secondary N) is 1. The van der Waals surface area contributed by atoms with Crippen LogP contribution in [0.1, 0.15) is 37.8 Å². The molecule has 0 aliphatic carbocycles. The van der Waals surface area contributed by atoms with Crippen molar-refractivity contribution in [1.29, 1.82) is 0 Å². The number of hydrogen-bond donors (Lipinski definition) is 1. The number of ether oxygens (including phenoxy) is 3. The van der Waals surface area contributed by atoms with Crippen molar-refractivity contribution < 1.29 is 19.0 Å². The molecule has 0 spiro atoms. The third kappa shape index (κ3) is 3.49. The standard InChI is InChI=1S/C20H22N2O4/c1-12(2)25-19-17-15(10-11-21-19)22-13(3)18(26-20(23)24-4)16(17)14-8-6-5-7-9-14/h5-12,16,22H,1-4H3. The van der Waals surface area contributed by atoms with Crippen molar-refractivity contribution in [1.82, 2.24) is 4.98 Å². The Balaban J connectivity index is 2.18. The lowest BCUT2D eigenvalue weighted by Crippen LogP contribution is -2.23. The van der Waals surface area contributed by atoms with E-state index in [4.69, 9.17) is 14.2 Å². The number of carbonyl (C=O) groups is 1. The van der Waals surface area contributed by atoms with Gasteiger partial charge in [0.2, 0.25) is 5.88 Å². The number of benzene rings is 1. The van der Waals surface area contributed by atoms with Crippen LogP contribution in [0.5, 0.6) is 5.88 Å². The molecule has 0 radical (unpaired) electrons. The Hall–Kier alpha value is -3.02. The lowest BCUT2D eigenvalue weighted by molar-refractivity contribution is 0.0926. The number of anilines is 1. The third-order valence-corrected chi connectivity index (χ3v) is 4.04. The highest BCUT2D eigenvalue weighted by atomic mass is 16.7. The van der Waals surface area contributed by atoms with Gasteiger partial charge in [-0.1, -0.05) is 30.3 Å². The quantitative estimate of drug-likeness (QED) is 0.819. The molecule has 1 aliphatic heterocycles. The largest absolute Gasteiger partial charge is 0.513 e. The van der Waals surface area contributed by atoms with Gasteiger partial charge in [0, 0.05) is 11.9 Å². The van der Waals surface area contributed by atoms with E-state index in [1.54, 1.807) is 6.20 Å². The summed E-state index contributed by atoms with van der Waals surface area (Å²) in [5.74, 6) is 0.642. The smallest absolute Gasteiger partial charge is 0.475 e. The minimum absolute atomic E-state index is 0.0394. The predicted molar refractivity (Wildman–Crippen MR) is 98.1 cm³/mol. The van der Waals surface area contributed by atoms with E-state index in [2.05, 4.69) is 10.3 Å². The van der Waals surface area contributed by atoms with Gasteiger partial charge in [0.15, 0.2) is 0 Å². The van der Waals surface area contributed by atoms with E-state index >= 15 is 0 Å². The van der Waals surface area contributed by atoms with Crippen LogP contribution in [0.2, 0.25) is 0 Å². The highest BCUT2D eigenvalue weighted by Crippen LogP contribution is 2.45. The summed E-state index contributed by atoms with van der Waals surface area (Å²) in [4.78, 5) is 16.2. The van der Waals surface area contributed by atoms with Crippen molar-refractivity contribution in [2.45, 2.75) is 32.8 Å². The fourth-order valence-corrected chi connectivity index (χ4v) is 3.00. The van der Waals surface area contributed by atoms with Gasteiger partial charge in [-0.25, -0.2) is 9.78 Å². The van der Waals surface area contributed by atoms with Gasteiger partial charge in [-0.3, -0.25) is 0 Å². The zero-order chi connectivity index (χ0) is 18.7. The normalized spacial score (nSPS) is 16.0. The number of nitrogens with zero attached hydrogens (tertiary/aromatic N) is 1. The fourth-order valence-electron chi connectivity index (χ4n) is 3.00. The van der Waals surface area contributed by atoms with Crippen LogP contribution in [0.15, 0.2) is 54.1 Å². The molecule has 6 heteroatoms. The van der Waals surface area contributed by atoms with Crippen LogP contribution < -0.4 is 10.1 Å². The van der Waals surface area contributed by atoms with Crippen LogP contribution in [0.3, 0.4) is 0 Å². The van der Waals surface area contributed by atoms with Crippen molar-refractivity contribution in [3.05, 3.63) is 65.2 Å². The molecule has 1 unspecified atom stereocenters.